The van der Waals surface area contributed by atoms with Crippen LogP contribution < -0.4 is 5.01 Å². The molecule has 1 aliphatic heterocycles. The molecule has 0 spiro atoms. The van der Waals surface area contributed by atoms with E-state index in [1.165, 1.54) is 5.01 Å². The number of aromatic amines is 1. The lowest BCUT2D eigenvalue weighted by molar-refractivity contribution is -0.118. The topological polar surface area (TPSA) is 78.4 Å². The number of fused-ring (bicyclic) bond motifs is 1. The fraction of sp³-hybridized carbons (Fsp3) is 0.0833. The molecule has 0 saturated carbocycles. The number of aromatic nitrogens is 2. The second-order valence-electron chi connectivity index (χ2n) is 7.35. The van der Waals surface area contributed by atoms with Crippen molar-refractivity contribution < 1.29 is 9.59 Å². The molecule has 4 aromatic rings. The second kappa shape index (κ2) is 7.59. The lowest BCUT2D eigenvalue weighted by atomic mass is 10.0. The Hall–Kier alpha value is -3.58. The maximum Gasteiger partial charge on any atom is 0.263 e. The van der Waals surface area contributed by atoms with Crippen LogP contribution in [0.1, 0.15) is 34.6 Å². The number of nitrogens with zero attached hydrogens (tertiary/aromatic N) is 3. The molecule has 1 amide bonds. The number of rotatable bonds is 4. The van der Waals surface area contributed by atoms with E-state index in [-0.39, 0.29) is 11.7 Å². The van der Waals surface area contributed by atoms with Gasteiger partial charge in [0, 0.05) is 15.6 Å². The largest absolute Gasteiger partial charge is 0.341 e. The molecule has 0 aliphatic carbocycles. The maximum atomic E-state index is 13.1. The molecule has 0 bridgehead atoms. The van der Waals surface area contributed by atoms with Crippen LogP contribution in [0.3, 0.4) is 0 Å². The van der Waals surface area contributed by atoms with Gasteiger partial charge in [-0.2, -0.15) is 10.1 Å². The van der Waals surface area contributed by atoms with E-state index < -0.39 is 5.92 Å². The van der Waals surface area contributed by atoms with Crippen molar-refractivity contribution >= 4 is 50.1 Å². The molecule has 0 radical (unpaired) electrons. The molecule has 152 valence electrons. The number of hydrogen-bond donors (Lipinski definition) is 1. The average molecular weight is 473 g/mol. The molecule has 1 N–H and O–H groups in total. The van der Waals surface area contributed by atoms with Crippen LogP contribution in [0.4, 0.5) is 5.69 Å². The molecule has 1 aromatic heterocycles. The predicted octanol–water partition coefficient (Wildman–Crippen LogP) is 5.06. The van der Waals surface area contributed by atoms with Crippen molar-refractivity contribution in [3.05, 3.63) is 94.2 Å². The first-order valence-electron chi connectivity index (χ1n) is 9.75. The zero-order chi connectivity index (χ0) is 21.5. The van der Waals surface area contributed by atoms with Crippen LogP contribution in [0.15, 0.2) is 82.4 Å². The number of imidazole rings is 1. The highest BCUT2D eigenvalue weighted by atomic mass is 79.9. The number of halogens is 1. The molecule has 0 fully saturated rings. The Kier molecular flexibility index (Phi) is 4.75. The van der Waals surface area contributed by atoms with Crippen LogP contribution in [0.5, 0.6) is 0 Å². The Morgan fingerprint density at radius 2 is 1.74 bits per heavy atom. The smallest absolute Gasteiger partial charge is 0.263 e. The third kappa shape index (κ3) is 3.47. The van der Waals surface area contributed by atoms with E-state index in [2.05, 4.69) is 31.0 Å². The van der Waals surface area contributed by atoms with Gasteiger partial charge in [0.05, 0.1) is 22.4 Å². The summed E-state index contributed by atoms with van der Waals surface area (Å²) in [6.45, 7) is 1.82. The summed E-state index contributed by atoms with van der Waals surface area (Å²) < 4.78 is 0.929. The minimum absolute atomic E-state index is 0.0604. The van der Waals surface area contributed by atoms with Crippen LogP contribution in [0, 0.1) is 0 Å². The average Bonchev–Trinajstić information content (AvgIpc) is 3.33. The molecule has 0 saturated heterocycles. The van der Waals surface area contributed by atoms with E-state index in [1.54, 1.807) is 30.3 Å². The highest BCUT2D eigenvalue weighted by Crippen LogP contribution is 2.31. The number of benzene rings is 3. The zero-order valence-corrected chi connectivity index (χ0v) is 18.1. The monoisotopic (exact) mass is 472 g/mol. The number of ketones is 1. The number of hydrogen-bond acceptors (Lipinski definition) is 4. The number of H-pyrrole nitrogens is 1. The van der Waals surface area contributed by atoms with Gasteiger partial charge in [-0.25, -0.2) is 4.98 Å². The van der Waals surface area contributed by atoms with E-state index in [1.807, 2.05) is 49.4 Å². The third-order valence-corrected chi connectivity index (χ3v) is 5.80. The highest BCUT2D eigenvalue weighted by Gasteiger charge is 2.37. The number of carbonyl (C=O) groups excluding carboxylic acids is 2. The minimum Gasteiger partial charge on any atom is -0.341 e. The van der Waals surface area contributed by atoms with Crippen molar-refractivity contribution in [3.63, 3.8) is 0 Å². The van der Waals surface area contributed by atoms with Crippen molar-refractivity contribution in [1.82, 2.24) is 9.97 Å². The molecule has 1 atom stereocenters. The highest BCUT2D eigenvalue weighted by molar-refractivity contribution is 9.10. The van der Waals surface area contributed by atoms with Crippen LogP contribution in [-0.2, 0) is 4.79 Å². The summed E-state index contributed by atoms with van der Waals surface area (Å²) in [6, 6.07) is 21.9. The van der Waals surface area contributed by atoms with Gasteiger partial charge >= 0.3 is 0 Å². The number of nitrogens with one attached hydrogen (secondary N) is 1. The van der Waals surface area contributed by atoms with Crippen molar-refractivity contribution in [1.29, 1.82) is 0 Å². The van der Waals surface area contributed by atoms with E-state index in [0.717, 1.165) is 4.47 Å². The molecule has 5 rings (SSSR count). The molecule has 7 heteroatoms. The maximum absolute atomic E-state index is 13.1. The first-order valence-corrected chi connectivity index (χ1v) is 10.5. The van der Waals surface area contributed by atoms with Gasteiger partial charge in [0.2, 0.25) is 0 Å². The fourth-order valence-electron chi connectivity index (χ4n) is 3.71. The molecule has 1 aliphatic rings. The van der Waals surface area contributed by atoms with Crippen LogP contribution in [-0.4, -0.2) is 27.4 Å². The van der Waals surface area contributed by atoms with Gasteiger partial charge in [-0.1, -0.05) is 46.3 Å². The van der Waals surface area contributed by atoms with Gasteiger partial charge < -0.3 is 4.98 Å². The van der Waals surface area contributed by atoms with Gasteiger partial charge in [0.25, 0.3) is 5.91 Å². The minimum atomic E-state index is -0.593. The van der Waals surface area contributed by atoms with Crippen LogP contribution >= 0.6 is 15.9 Å². The van der Waals surface area contributed by atoms with Crippen molar-refractivity contribution in [2.75, 3.05) is 5.01 Å². The molecule has 6 nitrogen and oxygen atoms in total. The van der Waals surface area contributed by atoms with Crippen molar-refractivity contribution in [2.45, 2.75) is 12.8 Å². The summed E-state index contributed by atoms with van der Waals surface area (Å²) in [5.41, 5.74) is 3.95. The van der Waals surface area contributed by atoms with Crippen molar-refractivity contribution in [2.24, 2.45) is 5.10 Å². The number of amides is 1. The summed E-state index contributed by atoms with van der Waals surface area (Å²) in [5, 5.41) is 5.86. The zero-order valence-electron chi connectivity index (χ0n) is 16.5. The second-order valence-corrected chi connectivity index (χ2v) is 8.27. The molecule has 2 heterocycles. The fourth-order valence-corrected chi connectivity index (χ4v) is 3.98. The lowest BCUT2D eigenvalue weighted by Crippen LogP contribution is -2.26. The summed E-state index contributed by atoms with van der Waals surface area (Å²) in [5.74, 6) is -0.302. The first-order chi connectivity index (χ1) is 15.0. The summed E-state index contributed by atoms with van der Waals surface area (Å²) >= 11 is 3.40. The lowest BCUT2D eigenvalue weighted by Gasteiger charge is -2.13. The van der Waals surface area contributed by atoms with Crippen molar-refractivity contribution in [3.8, 4) is 0 Å². The SMILES string of the molecule is CC1=NN(c2ccc(Br)cc2)C(=O)[C@@H]1c1nc2ccc(C(=O)c3ccccc3)cc2[nH]1. The van der Waals surface area contributed by atoms with Gasteiger partial charge in [-0.3, -0.25) is 9.59 Å². The first kappa shape index (κ1) is 19.4. The number of hydrazone groups is 1. The Morgan fingerprint density at radius 3 is 2.48 bits per heavy atom. The Balaban J connectivity index is 1.47. The normalized spacial score (nSPS) is 16.1. The predicted molar refractivity (Wildman–Crippen MR) is 123 cm³/mol. The molecule has 0 unspecified atom stereocenters. The standard InChI is InChI=1S/C24H17BrN4O2/c1-14-21(24(31)29(28-14)18-10-8-17(25)9-11-18)23-26-19-12-7-16(13-20(19)27-23)22(30)15-5-3-2-4-6-15/h2-13,21H,1H3,(H,26,27)/t21-/m0/s1. The Morgan fingerprint density at radius 1 is 1.00 bits per heavy atom. The summed E-state index contributed by atoms with van der Waals surface area (Å²) in [4.78, 5) is 33.7. The molecular weight excluding hydrogens is 456 g/mol. The third-order valence-electron chi connectivity index (χ3n) is 5.27. The number of anilines is 1. The van der Waals surface area contributed by atoms with Gasteiger partial charge in [-0.15, -0.1) is 0 Å². The van der Waals surface area contributed by atoms with E-state index in [4.69, 9.17) is 0 Å². The molecule has 31 heavy (non-hydrogen) atoms. The summed E-state index contributed by atoms with van der Waals surface area (Å²) in [6.07, 6.45) is 0. The molecule has 3 aromatic carbocycles. The van der Waals surface area contributed by atoms with Gasteiger partial charge in [0.1, 0.15) is 11.7 Å². The Labute approximate surface area is 186 Å². The van der Waals surface area contributed by atoms with E-state index in [9.17, 15) is 9.59 Å². The summed E-state index contributed by atoms with van der Waals surface area (Å²) in [7, 11) is 0. The Bertz CT molecular complexity index is 1340. The quantitative estimate of drug-likeness (QED) is 0.421. The molecular formula is C24H17BrN4O2. The van der Waals surface area contributed by atoms with Gasteiger partial charge in [-0.05, 0) is 49.4 Å². The van der Waals surface area contributed by atoms with Crippen LogP contribution in [0.25, 0.3) is 11.0 Å². The van der Waals surface area contributed by atoms with E-state index in [0.29, 0.717) is 39.4 Å². The van der Waals surface area contributed by atoms with Crippen LogP contribution in [0.2, 0.25) is 0 Å². The van der Waals surface area contributed by atoms with Gasteiger partial charge in [0.15, 0.2) is 5.78 Å². The number of carbonyl (C=O) groups is 2. The van der Waals surface area contributed by atoms with E-state index >= 15 is 0 Å².